The molecule has 7 atom stereocenters. The molecule has 2 aliphatic rings. The predicted octanol–water partition coefficient (Wildman–Crippen LogP) is 4.81. The molecule has 5 rings (SSSR count). The van der Waals surface area contributed by atoms with Gasteiger partial charge in [0, 0.05) is 39.8 Å². The minimum absolute atomic E-state index is 0.125. The van der Waals surface area contributed by atoms with Crippen LogP contribution in [0.4, 0.5) is 14.5 Å². The normalized spacial score (nSPS) is 23.9. The number of hydrogen-bond donors (Lipinski definition) is 0. The smallest absolute Gasteiger partial charge is 0.303 e. The van der Waals surface area contributed by atoms with Crippen molar-refractivity contribution in [3.8, 4) is 5.75 Å². The molecule has 2 aliphatic heterocycles. The molecular formula is C38H39F2NO11. The molecule has 12 nitrogen and oxygen atoms in total. The van der Waals surface area contributed by atoms with Gasteiger partial charge in [-0.1, -0.05) is 24.3 Å². The molecule has 0 aliphatic carbocycles. The summed E-state index contributed by atoms with van der Waals surface area (Å²) in [4.78, 5) is 63.2. The van der Waals surface area contributed by atoms with E-state index in [9.17, 15) is 32.8 Å². The van der Waals surface area contributed by atoms with Crippen molar-refractivity contribution in [2.24, 2.45) is 5.92 Å². The molecule has 1 amide bonds. The van der Waals surface area contributed by atoms with Crippen molar-refractivity contribution < 1.29 is 61.2 Å². The van der Waals surface area contributed by atoms with E-state index >= 15 is 0 Å². The average Bonchev–Trinajstić information content (AvgIpc) is 3.08. The molecule has 0 unspecified atom stereocenters. The maximum absolute atomic E-state index is 13.8. The first-order valence-corrected chi connectivity index (χ1v) is 16.7. The van der Waals surface area contributed by atoms with Crippen molar-refractivity contribution in [3.63, 3.8) is 0 Å². The summed E-state index contributed by atoms with van der Waals surface area (Å²) in [6, 6.07) is 18.1. The maximum atomic E-state index is 13.8. The zero-order valence-electron chi connectivity index (χ0n) is 29.0. The van der Waals surface area contributed by atoms with Crippen molar-refractivity contribution in [2.75, 3.05) is 18.1 Å². The summed E-state index contributed by atoms with van der Waals surface area (Å²) in [7, 11) is 0. The summed E-state index contributed by atoms with van der Waals surface area (Å²) in [6.07, 6.45) is -5.29. The number of carbonyl (C=O) groups excluding carboxylic acids is 5. The summed E-state index contributed by atoms with van der Waals surface area (Å²) in [5.74, 6) is -3.78. The van der Waals surface area contributed by atoms with E-state index in [2.05, 4.69) is 0 Å². The second-order valence-electron chi connectivity index (χ2n) is 12.5. The van der Waals surface area contributed by atoms with Gasteiger partial charge in [0.25, 0.3) is 0 Å². The van der Waals surface area contributed by atoms with Crippen LogP contribution < -0.4 is 9.64 Å². The van der Waals surface area contributed by atoms with Gasteiger partial charge in [0.1, 0.15) is 36.2 Å². The van der Waals surface area contributed by atoms with Gasteiger partial charge < -0.3 is 33.3 Å². The lowest BCUT2D eigenvalue weighted by atomic mass is 9.79. The van der Waals surface area contributed by atoms with Gasteiger partial charge in [-0.15, -0.1) is 0 Å². The van der Waals surface area contributed by atoms with Crippen LogP contribution in [0.2, 0.25) is 0 Å². The number of anilines is 1. The van der Waals surface area contributed by atoms with E-state index in [1.54, 1.807) is 17.0 Å². The molecular weight excluding hydrogens is 684 g/mol. The number of ether oxygens (including phenoxy) is 6. The molecule has 0 N–H and O–H groups in total. The van der Waals surface area contributed by atoms with Crippen molar-refractivity contribution in [2.45, 2.75) is 77.1 Å². The lowest BCUT2D eigenvalue weighted by Gasteiger charge is -2.47. The zero-order chi connectivity index (χ0) is 37.5. The second kappa shape index (κ2) is 16.8. The Kier molecular flexibility index (Phi) is 12.2. The Hall–Kier alpha value is -5.37. The highest BCUT2D eigenvalue weighted by molar-refractivity contribution is 6.03. The Balaban J connectivity index is 1.39. The fourth-order valence-corrected chi connectivity index (χ4v) is 6.50. The van der Waals surface area contributed by atoms with Crippen LogP contribution >= 0.6 is 0 Å². The first kappa shape index (κ1) is 37.9. The van der Waals surface area contributed by atoms with Gasteiger partial charge >= 0.3 is 23.9 Å². The highest BCUT2D eigenvalue weighted by Gasteiger charge is 2.52. The molecule has 2 heterocycles. The average molecular weight is 724 g/mol. The molecule has 0 aromatic heterocycles. The number of nitrogens with zero attached hydrogens (tertiary/aromatic N) is 1. The Labute approximate surface area is 298 Å². The Morgan fingerprint density at radius 3 is 1.79 bits per heavy atom. The van der Waals surface area contributed by atoms with E-state index in [-0.39, 0.29) is 25.5 Å². The molecule has 52 heavy (non-hydrogen) atoms. The molecule has 14 heteroatoms. The summed E-state index contributed by atoms with van der Waals surface area (Å²) in [5.41, 5.74) is 2.01. The number of β-lactam (4-membered cyclic amide) rings is 1. The predicted molar refractivity (Wildman–Crippen MR) is 179 cm³/mol. The van der Waals surface area contributed by atoms with Gasteiger partial charge in [-0.3, -0.25) is 24.0 Å². The summed E-state index contributed by atoms with van der Waals surface area (Å²) < 4.78 is 60.9. The van der Waals surface area contributed by atoms with E-state index < -0.39 is 78.0 Å². The fourth-order valence-electron chi connectivity index (χ4n) is 6.50. The third kappa shape index (κ3) is 9.29. The maximum Gasteiger partial charge on any atom is 0.303 e. The minimum Gasteiger partial charge on any atom is -0.494 e. The van der Waals surface area contributed by atoms with Crippen molar-refractivity contribution in [3.05, 3.63) is 95.6 Å². The Bertz CT molecular complexity index is 1750. The standard InChI is InChI=1S/C38H39F2NO11/c1-21(42)48-20-33-36(50-23(3)44)37(51-24(4)45)35(49-22(2)43)32(52-33)19-25-5-7-26(8-6-25)34-31(17-18-47-30-15-11-28(40)12-16-30)38(46)41(34)29-13-9-27(39)10-14-29/h5-16,31-37H,17-20H2,1-4H3/t31-,32+,33-,34-,35+,36+,37-/m1/s1. The quantitative estimate of drug-likeness (QED) is 0.136. The van der Waals surface area contributed by atoms with Crippen LogP contribution in [0.3, 0.4) is 0 Å². The summed E-state index contributed by atoms with van der Waals surface area (Å²) >= 11 is 0. The SMILES string of the molecule is CC(=O)OC[C@H]1O[C@@H](Cc2ccc([C@@H]3[C@@H](CCOc4ccc(F)cc4)C(=O)N3c3ccc(F)cc3)cc2)[C@H](OC(C)=O)[C@@H](OC(C)=O)[C@H]1OC(C)=O. The van der Waals surface area contributed by atoms with Crippen LogP contribution in [0, 0.1) is 17.6 Å². The van der Waals surface area contributed by atoms with Crippen LogP contribution in [-0.2, 0) is 54.1 Å². The molecule has 0 bridgehead atoms. The first-order valence-electron chi connectivity index (χ1n) is 16.7. The molecule has 3 aromatic rings. The van der Waals surface area contributed by atoms with E-state index in [1.807, 2.05) is 12.1 Å². The number of halogens is 2. The zero-order valence-corrected chi connectivity index (χ0v) is 29.0. The highest BCUT2D eigenvalue weighted by Crippen LogP contribution is 2.45. The van der Waals surface area contributed by atoms with Gasteiger partial charge in [-0.2, -0.15) is 0 Å². The van der Waals surface area contributed by atoms with Gasteiger partial charge in [0.05, 0.1) is 18.6 Å². The number of esters is 4. The fraction of sp³-hybridized carbons (Fsp3) is 0.395. The number of carbonyl (C=O) groups is 5. The molecule has 0 spiro atoms. The van der Waals surface area contributed by atoms with Crippen LogP contribution in [-0.4, -0.2) is 73.5 Å². The van der Waals surface area contributed by atoms with Crippen molar-refractivity contribution in [1.29, 1.82) is 0 Å². The van der Waals surface area contributed by atoms with E-state index in [0.717, 1.165) is 19.4 Å². The van der Waals surface area contributed by atoms with Gasteiger partial charge in [0.15, 0.2) is 18.3 Å². The summed E-state index contributed by atoms with van der Waals surface area (Å²) in [6.45, 7) is 4.53. The third-order valence-electron chi connectivity index (χ3n) is 8.68. The van der Waals surface area contributed by atoms with Crippen LogP contribution in [0.1, 0.15) is 51.3 Å². The Morgan fingerprint density at radius 2 is 1.23 bits per heavy atom. The topological polar surface area (TPSA) is 144 Å². The molecule has 276 valence electrons. The second-order valence-corrected chi connectivity index (χ2v) is 12.5. The third-order valence-corrected chi connectivity index (χ3v) is 8.68. The van der Waals surface area contributed by atoms with E-state index in [4.69, 9.17) is 28.4 Å². The monoisotopic (exact) mass is 723 g/mol. The number of rotatable bonds is 13. The van der Waals surface area contributed by atoms with Crippen LogP contribution in [0.5, 0.6) is 5.75 Å². The Morgan fingerprint density at radius 1 is 0.692 bits per heavy atom. The molecule has 0 radical (unpaired) electrons. The number of hydrogen-bond acceptors (Lipinski definition) is 11. The minimum atomic E-state index is -1.29. The summed E-state index contributed by atoms with van der Waals surface area (Å²) in [5, 5.41) is 0. The molecule has 3 aromatic carbocycles. The number of benzene rings is 3. The molecule has 2 fully saturated rings. The van der Waals surface area contributed by atoms with Gasteiger partial charge in [-0.05, 0) is 66.1 Å². The highest BCUT2D eigenvalue weighted by atomic mass is 19.1. The first-order chi connectivity index (χ1) is 24.8. The van der Waals surface area contributed by atoms with Crippen molar-refractivity contribution in [1.82, 2.24) is 0 Å². The molecule has 2 saturated heterocycles. The lowest BCUT2D eigenvalue weighted by Crippen LogP contribution is -2.62. The van der Waals surface area contributed by atoms with Crippen LogP contribution in [0.25, 0.3) is 0 Å². The van der Waals surface area contributed by atoms with Crippen LogP contribution in [0.15, 0.2) is 72.8 Å². The van der Waals surface area contributed by atoms with Gasteiger partial charge in [-0.25, -0.2) is 8.78 Å². The lowest BCUT2D eigenvalue weighted by molar-refractivity contribution is -0.252. The van der Waals surface area contributed by atoms with E-state index in [0.29, 0.717) is 23.4 Å². The largest absolute Gasteiger partial charge is 0.494 e. The van der Waals surface area contributed by atoms with E-state index in [1.165, 1.54) is 62.4 Å². The van der Waals surface area contributed by atoms with Gasteiger partial charge in [0.2, 0.25) is 5.91 Å². The number of amides is 1. The molecule has 0 saturated carbocycles. The van der Waals surface area contributed by atoms with Crippen molar-refractivity contribution >= 4 is 35.5 Å².